The SMILES string of the molecule is O=C(O)CC1CN(C(=O)NCCOCC(F)F)CCO1. The highest BCUT2D eigenvalue weighted by molar-refractivity contribution is 5.74. The molecule has 1 heterocycles. The molecule has 1 aliphatic heterocycles. The number of morpholine rings is 1. The molecule has 2 amide bonds. The van der Waals surface area contributed by atoms with Crippen molar-refractivity contribution in [3.63, 3.8) is 0 Å². The van der Waals surface area contributed by atoms with Gasteiger partial charge in [0, 0.05) is 19.6 Å². The van der Waals surface area contributed by atoms with Crippen LogP contribution in [0.2, 0.25) is 0 Å². The zero-order chi connectivity index (χ0) is 15.0. The lowest BCUT2D eigenvalue weighted by Gasteiger charge is -2.32. The van der Waals surface area contributed by atoms with Crippen LogP contribution in [0.5, 0.6) is 0 Å². The minimum atomic E-state index is -2.53. The largest absolute Gasteiger partial charge is 0.481 e. The van der Waals surface area contributed by atoms with Gasteiger partial charge in [0.15, 0.2) is 0 Å². The molecule has 20 heavy (non-hydrogen) atoms. The van der Waals surface area contributed by atoms with E-state index < -0.39 is 25.1 Å². The fourth-order valence-corrected chi connectivity index (χ4v) is 1.74. The molecule has 0 aliphatic carbocycles. The first-order chi connectivity index (χ1) is 9.49. The lowest BCUT2D eigenvalue weighted by molar-refractivity contribution is -0.141. The van der Waals surface area contributed by atoms with Gasteiger partial charge in [0.05, 0.1) is 25.7 Å². The second-order valence-electron chi connectivity index (χ2n) is 4.23. The average Bonchev–Trinajstić information content (AvgIpc) is 2.37. The van der Waals surface area contributed by atoms with Gasteiger partial charge in [0.1, 0.15) is 6.61 Å². The Morgan fingerprint density at radius 1 is 1.50 bits per heavy atom. The summed E-state index contributed by atoms with van der Waals surface area (Å²) in [5.41, 5.74) is 0. The smallest absolute Gasteiger partial charge is 0.317 e. The van der Waals surface area contributed by atoms with Gasteiger partial charge in [-0.05, 0) is 0 Å². The molecular weight excluding hydrogens is 278 g/mol. The number of alkyl halides is 2. The number of aliphatic carboxylic acids is 1. The first kappa shape index (κ1) is 16.6. The highest BCUT2D eigenvalue weighted by Crippen LogP contribution is 2.08. The number of hydrogen-bond donors (Lipinski definition) is 2. The summed E-state index contributed by atoms with van der Waals surface area (Å²) < 4.78 is 33.4. The monoisotopic (exact) mass is 296 g/mol. The number of urea groups is 1. The minimum absolute atomic E-state index is 0.00102. The van der Waals surface area contributed by atoms with E-state index in [-0.39, 0.29) is 38.8 Å². The maximum atomic E-state index is 11.8. The standard InChI is InChI=1S/C11H18F2N2O5/c12-9(13)7-19-3-1-14-11(18)15-2-4-20-8(6-15)5-10(16)17/h8-9H,1-7H2,(H,14,18)(H,16,17). The number of amides is 2. The zero-order valence-corrected chi connectivity index (χ0v) is 10.9. The molecule has 1 unspecified atom stereocenters. The molecule has 2 N–H and O–H groups in total. The minimum Gasteiger partial charge on any atom is -0.481 e. The second-order valence-corrected chi connectivity index (χ2v) is 4.23. The molecule has 0 aromatic carbocycles. The predicted octanol–water partition coefficient (Wildman–Crippen LogP) is 0.153. The van der Waals surface area contributed by atoms with Crippen molar-refractivity contribution in [3.8, 4) is 0 Å². The fraction of sp³-hybridized carbons (Fsp3) is 0.818. The van der Waals surface area contributed by atoms with Crippen molar-refractivity contribution in [1.29, 1.82) is 0 Å². The molecule has 0 bridgehead atoms. The number of carboxylic acids is 1. The molecule has 1 fully saturated rings. The van der Waals surface area contributed by atoms with Gasteiger partial charge in [0.2, 0.25) is 0 Å². The van der Waals surface area contributed by atoms with Gasteiger partial charge in [-0.2, -0.15) is 0 Å². The number of halogens is 2. The van der Waals surface area contributed by atoms with Crippen molar-refractivity contribution < 1.29 is 33.0 Å². The molecule has 0 radical (unpaired) electrons. The third-order valence-corrected chi connectivity index (χ3v) is 2.59. The summed E-state index contributed by atoms with van der Waals surface area (Å²) >= 11 is 0. The Kier molecular flexibility index (Phi) is 7.16. The van der Waals surface area contributed by atoms with Crippen molar-refractivity contribution in [2.24, 2.45) is 0 Å². The Hall–Kier alpha value is -1.48. The van der Waals surface area contributed by atoms with Crippen LogP contribution in [0.1, 0.15) is 6.42 Å². The van der Waals surface area contributed by atoms with E-state index in [4.69, 9.17) is 9.84 Å². The lowest BCUT2D eigenvalue weighted by atomic mass is 10.2. The highest BCUT2D eigenvalue weighted by atomic mass is 19.3. The summed E-state index contributed by atoms with van der Waals surface area (Å²) in [6.07, 6.45) is -3.22. The number of carboxylic acid groups (broad SMARTS) is 1. The van der Waals surface area contributed by atoms with E-state index in [1.54, 1.807) is 0 Å². The molecule has 0 aromatic heterocycles. The third-order valence-electron chi connectivity index (χ3n) is 2.59. The van der Waals surface area contributed by atoms with Crippen molar-refractivity contribution in [1.82, 2.24) is 10.2 Å². The molecule has 9 heteroatoms. The Morgan fingerprint density at radius 3 is 2.90 bits per heavy atom. The molecule has 0 spiro atoms. The number of carbonyl (C=O) groups is 2. The normalized spacial score (nSPS) is 19.1. The predicted molar refractivity (Wildman–Crippen MR) is 63.8 cm³/mol. The van der Waals surface area contributed by atoms with Gasteiger partial charge in [-0.25, -0.2) is 13.6 Å². The van der Waals surface area contributed by atoms with Crippen LogP contribution in [-0.2, 0) is 14.3 Å². The van der Waals surface area contributed by atoms with Crippen molar-refractivity contribution in [2.45, 2.75) is 19.0 Å². The number of nitrogens with zero attached hydrogens (tertiary/aromatic N) is 1. The number of hydrogen-bond acceptors (Lipinski definition) is 4. The first-order valence-electron chi connectivity index (χ1n) is 6.21. The van der Waals surface area contributed by atoms with Crippen LogP contribution < -0.4 is 5.32 Å². The van der Waals surface area contributed by atoms with Crippen molar-refractivity contribution >= 4 is 12.0 Å². The van der Waals surface area contributed by atoms with Gasteiger partial charge < -0.3 is 24.8 Å². The summed E-state index contributed by atoms with van der Waals surface area (Å²) in [7, 11) is 0. The number of ether oxygens (including phenoxy) is 2. The van der Waals surface area contributed by atoms with E-state index in [2.05, 4.69) is 10.1 Å². The molecule has 7 nitrogen and oxygen atoms in total. The molecular formula is C11H18F2N2O5. The molecule has 0 saturated carbocycles. The Bertz CT molecular complexity index is 330. The molecule has 1 aliphatic rings. The van der Waals surface area contributed by atoms with Crippen molar-refractivity contribution in [2.75, 3.05) is 39.5 Å². The zero-order valence-electron chi connectivity index (χ0n) is 10.9. The van der Waals surface area contributed by atoms with Crippen molar-refractivity contribution in [3.05, 3.63) is 0 Å². The number of carbonyl (C=O) groups excluding carboxylic acids is 1. The summed E-state index contributed by atoms with van der Waals surface area (Å²) in [5.74, 6) is -0.988. The van der Waals surface area contributed by atoms with Crippen LogP contribution in [-0.4, -0.2) is 74.0 Å². The van der Waals surface area contributed by atoms with E-state index in [1.807, 2.05) is 0 Å². The molecule has 116 valence electrons. The van der Waals surface area contributed by atoms with Gasteiger partial charge in [-0.15, -0.1) is 0 Å². The summed E-state index contributed by atoms with van der Waals surface area (Å²) in [6.45, 7) is 0.280. The van der Waals surface area contributed by atoms with Gasteiger partial charge in [-0.3, -0.25) is 4.79 Å². The van der Waals surface area contributed by atoms with Crippen LogP contribution >= 0.6 is 0 Å². The number of rotatable bonds is 7. The van der Waals surface area contributed by atoms with E-state index in [0.717, 1.165) is 0 Å². The first-order valence-corrected chi connectivity index (χ1v) is 6.21. The van der Waals surface area contributed by atoms with Crippen LogP contribution in [0.25, 0.3) is 0 Å². The van der Waals surface area contributed by atoms with E-state index in [1.165, 1.54) is 4.90 Å². The van der Waals surface area contributed by atoms with Crippen LogP contribution in [0.4, 0.5) is 13.6 Å². The average molecular weight is 296 g/mol. The Balaban J connectivity index is 2.20. The summed E-state index contributed by atoms with van der Waals surface area (Å²) in [5, 5.41) is 11.2. The fourth-order valence-electron chi connectivity index (χ4n) is 1.74. The molecule has 1 rings (SSSR count). The van der Waals surface area contributed by atoms with E-state index >= 15 is 0 Å². The third kappa shape index (κ3) is 6.62. The molecule has 0 aromatic rings. The van der Waals surface area contributed by atoms with Gasteiger partial charge in [0.25, 0.3) is 6.43 Å². The molecule has 1 atom stereocenters. The summed E-state index contributed by atoms with van der Waals surface area (Å²) in [6, 6.07) is -0.385. The molecule has 1 saturated heterocycles. The topological polar surface area (TPSA) is 88.1 Å². The quantitative estimate of drug-likeness (QED) is 0.653. The van der Waals surface area contributed by atoms with E-state index in [0.29, 0.717) is 6.54 Å². The van der Waals surface area contributed by atoms with Crippen LogP contribution in [0.3, 0.4) is 0 Å². The van der Waals surface area contributed by atoms with Gasteiger partial charge in [-0.1, -0.05) is 0 Å². The maximum absolute atomic E-state index is 11.8. The number of nitrogens with one attached hydrogen (secondary N) is 1. The van der Waals surface area contributed by atoms with Gasteiger partial charge >= 0.3 is 12.0 Å². The second kappa shape index (κ2) is 8.64. The van der Waals surface area contributed by atoms with E-state index in [9.17, 15) is 18.4 Å². The highest BCUT2D eigenvalue weighted by Gasteiger charge is 2.25. The summed E-state index contributed by atoms with van der Waals surface area (Å²) in [4.78, 5) is 23.7. The maximum Gasteiger partial charge on any atom is 0.317 e. The van der Waals surface area contributed by atoms with Crippen LogP contribution in [0.15, 0.2) is 0 Å². The lowest BCUT2D eigenvalue weighted by Crippen LogP contribution is -2.50. The Morgan fingerprint density at radius 2 is 2.25 bits per heavy atom. The Labute approximate surface area is 114 Å². The van der Waals surface area contributed by atoms with Crippen LogP contribution in [0, 0.1) is 0 Å².